The average molecular weight is 1790 g/mol. The fourth-order valence-electron chi connectivity index (χ4n) is 22.0. The summed E-state index contributed by atoms with van der Waals surface area (Å²) >= 11 is 0. The van der Waals surface area contributed by atoms with Crippen LogP contribution in [-0.4, -0.2) is 153 Å². The summed E-state index contributed by atoms with van der Waals surface area (Å²) in [6.45, 7) is 23.3. The number of methoxy groups -OCH3 is 8. The maximum absolute atomic E-state index is 12.8. The summed E-state index contributed by atoms with van der Waals surface area (Å²) in [6.07, 6.45) is 16.2. The third kappa shape index (κ3) is 19.5. The van der Waals surface area contributed by atoms with Crippen LogP contribution in [0.5, 0.6) is 69.0 Å². The molecule has 0 bridgehead atoms. The second kappa shape index (κ2) is 40.9. The number of esters is 4. The number of aldehydes is 4. The topological polar surface area (TPSA) is 328 Å². The maximum Gasteiger partial charge on any atom is 0.343 e. The van der Waals surface area contributed by atoms with Crippen molar-refractivity contribution in [3.63, 3.8) is 0 Å². The van der Waals surface area contributed by atoms with E-state index in [1.54, 1.807) is 54.4 Å². The van der Waals surface area contributed by atoms with Crippen molar-refractivity contribution in [2.45, 2.75) is 207 Å². The van der Waals surface area contributed by atoms with Crippen LogP contribution in [0.2, 0.25) is 0 Å². The Kier molecular flexibility index (Phi) is 31.0. The highest BCUT2D eigenvalue weighted by Crippen LogP contribution is 2.62. The molecule has 12 rings (SSSR count). The Hall–Kier alpha value is -12.1. The summed E-state index contributed by atoms with van der Waals surface area (Å²) in [7, 11) is 11.5. The number of phenolic OH excluding ortho intramolecular Hbond substituents is 4. The molecule has 0 aliphatic heterocycles. The van der Waals surface area contributed by atoms with Crippen LogP contribution in [0.4, 0.5) is 0 Å². The number of aryl methyl sites for hydroxylation is 8. The van der Waals surface area contributed by atoms with Gasteiger partial charge in [0.1, 0.15) is 23.0 Å². The molecule has 8 aromatic carbocycles. The van der Waals surface area contributed by atoms with E-state index in [9.17, 15) is 58.8 Å². The fraction of sp³-hybridized carbons (Fsp3) is 0.472. The number of benzene rings is 8. The average Bonchev–Trinajstić information content (AvgIpc) is 0.740. The SMILES string of the molecule is COC(=O)COc1c(C)cc(C2(c3cc(C)c(OCC(=O)OC)c(C=O)c3)CCC(C(C)(C)C3CCC(c4cc(C)c(OCC(=O)OC)c(OC)c4)(c4cc(C)c(OCC(=O)OC)c(OC)c4)CC3)CC2)cc1C=O.COc1cc(C2(c3cc(C)c(O)c(OC)c3)CCC(C(C)(C)C3CCC(c4cc(C)c(O)c(C=O)c4)(c4cc(C)c(O)c(C=O)c4)CC3)CC2)cc(C)c1O. The molecule has 130 heavy (non-hydrogen) atoms. The van der Waals surface area contributed by atoms with E-state index in [1.807, 2.05) is 102 Å². The Morgan fingerprint density at radius 3 is 0.700 bits per heavy atom. The van der Waals surface area contributed by atoms with Crippen LogP contribution < -0.4 is 37.9 Å². The Morgan fingerprint density at radius 2 is 0.477 bits per heavy atom. The first-order valence-electron chi connectivity index (χ1n) is 44.6. The lowest BCUT2D eigenvalue weighted by Gasteiger charge is -2.52. The summed E-state index contributed by atoms with van der Waals surface area (Å²) in [5, 5.41) is 42.9. The molecule has 0 saturated heterocycles. The number of hydrogen-bond acceptors (Lipinski definition) is 24. The van der Waals surface area contributed by atoms with Gasteiger partial charge in [-0.3, -0.25) is 19.2 Å². The zero-order valence-corrected chi connectivity index (χ0v) is 79.0. The van der Waals surface area contributed by atoms with Crippen LogP contribution in [-0.2, 0) is 59.8 Å². The van der Waals surface area contributed by atoms with E-state index in [1.165, 1.54) is 28.4 Å². The highest BCUT2D eigenvalue weighted by molar-refractivity contribution is 5.85. The first-order valence-corrected chi connectivity index (χ1v) is 44.6. The van der Waals surface area contributed by atoms with Crippen LogP contribution in [0, 0.1) is 89.9 Å². The largest absolute Gasteiger partial charge is 0.507 e. The minimum atomic E-state index is -0.658. The van der Waals surface area contributed by atoms with Crippen LogP contribution in [0.1, 0.15) is 261 Å². The number of phenols is 4. The number of carbonyl (C=O) groups excluding carboxylic acids is 8. The van der Waals surface area contributed by atoms with Crippen LogP contribution in [0.25, 0.3) is 0 Å². The van der Waals surface area contributed by atoms with Crippen LogP contribution in [0.15, 0.2) is 97.1 Å². The lowest BCUT2D eigenvalue weighted by Crippen LogP contribution is -2.43. The van der Waals surface area contributed by atoms with Crippen molar-refractivity contribution < 1.29 is 116 Å². The molecule has 4 saturated carbocycles. The summed E-state index contributed by atoms with van der Waals surface area (Å²) < 4.78 is 66.1. The van der Waals surface area contributed by atoms with Gasteiger partial charge < -0.3 is 77.3 Å². The highest BCUT2D eigenvalue weighted by atomic mass is 16.6. The Balaban J connectivity index is 0.000000263. The summed E-state index contributed by atoms with van der Waals surface area (Å²) in [5.74, 6) is 2.81. The quantitative estimate of drug-likeness (QED) is 0.0173. The molecule has 0 radical (unpaired) electrons. The van der Waals surface area contributed by atoms with Gasteiger partial charge in [0, 0.05) is 21.7 Å². The standard InChI is InChI=1S/C59H72O16.C47H56O8/c1-35-21-43(25-39(29-60)53(35)72-31-49(62)68-9)58(44-22-36(2)54(40(26-44)30-61)73-32-50(63)69-10)17-13-41(14-18-58)57(5,6)42-15-19-59(20-16-42,45-23-37(3)55(47(27-45)66-7)74-33-51(64)70-11)46-24-38(4)56(48(28-46)67-8)75-34-52(65)71-12;1-27-17-35(21-31(25-48)41(27)50)46(36-18-28(2)42(51)32(22-36)26-49)13-9-33(10-14-46)45(5,6)34-11-15-47(16-12-34,37-19-29(3)43(52)39(23-37)54-7)38-20-30(4)44(53)40(24-38)55-8/h21-30,41-42H,13-20,31-34H2,1-12H3;17-26,33-34,50-53H,9-16H2,1-8H3. The van der Waals surface area contributed by atoms with Crippen molar-refractivity contribution >= 4 is 49.0 Å². The van der Waals surface area contributed by atoms with E-state index in [0.717, 1.165) is 169 Å². The molecular formula is C106H128O24. The fourth-order valence-corrected chi connectivity index (χ4v) is 22.0. The van der Waals surface area contributed by atoms with E-state index in [-0.39, 0.29) is 77.3 Å². The first kappa shape index (κ1) is 98.5. The molecule has 0 spiro atoms. The monoisotopic (exact) mass is 1780 g/mol. The Labute approximate surface area is 763 Å². The smallest absolute Gasteiger partial charge is 0.343 e. The van der Waals surface area contributed by atoms with Crippen LogP contribution in [0.3, 0.4) is 0 Å². The van der Waals surface area contributed by atoms with Crippen molar-refractivity contribution in [3.8, 4) is 69.0 Å². The lowest BCUT2D eigenvalue weighted by atomic mass is 9.53. The van der Waals surface area contributed by atoms with Gasteiger partial charge in [-0.2, -0.15) is 0 Å². The minimum absolute atomic E-state index is 0.0128. The number of rotatable bonds is 32. The summed E-state index contributed by atoms with van der Waals surface area (Å²) in [6, 6.07) is 31.5. The van der Waals surface area contributed by atoms with Gasteiger partial charge in [0.2, 0.25) is 0 Å². The van der Waals surface area contributed by atoms with Crippen molar-refractivity contribution in [2.75, 3.05) is 83.3 Å². The molecule has 4 fully saturated rings. The second-order valence-electron chi connectivity index (χ2n) is 37.2. The highest BCUT2D eigenvalue weighted by Gasteiger charge is 2.52. The van der Waals surface area contributed by atoms with E-state index in [2.05, 4.69) is 52.0 Å². The lowest BCUT2D eigenvalue weighted by molar-refractivity contribution is -0.143. The van der Waals surface area contributed by atoms with E-state index in [0.29, 0.717) is 123 Å². The molecule has 0 heterocycles. The number of ether oxygens (including phenoxy) is 12. The van der Waals surface area contributed by atoms with Gasteiger partial charge in [-0.15, -0.1) is 0 Å². The molecule has 4 aliphatic rings. The van der Waals surface area contributed by atoms with Crippen LogP contribution >= 0.6 is 0 Å². The Bertz CT molecular complexity index is 5250. The molecular weight excluding hydrogens is 1660 g/mol. The molecule has 4 N–H and O–H groups in total. The molecule has 0 atom stereocenters. The van der Waals surface area contributed by atoms with Gasteiger partial charge in [-0.25, -0.2) is 19.2 Å². The second-order valence-corrected chi connectivity index (χ2v) is 37.2. The maximum atomic E-state index is 12.8. The van der Waals surface area contributed by atoms with Gasteiger partial charge in [-0.1, -0.05) is 76.2 Å². The van der Waals surface area contributed by atoms with Crippen molar-refractivity contribution in [1.29, 1.82) is 0 Å². The van der Waals surface area contributed by atoms with Gasteiger partial charge in [0.05, 0.1) is 79.1 Å². The molecule has 0 amide bonds. The third-order valence-electron chi connectivity index (χ3n) is 29.9. The minimum Gasteiger partial charge on any atom is -0.507 e. The van der Waals surface area contributed by atoms with Crippen molar-refractivity contribution in [2.24, 2.45) is 34.5 Å². The van der Waals surface area contributed by atoms with Gasteiger partial charge in [-0.05, 0) is 330 Å². The van der Waals surface area contributed by atoms with E-state index >= 15 is 0 Å². The summed E-state index contributed by atoms with van der Waals surface area (Å²) in [5.41, 5.74) is 12.3. The number of hydrogen-bond donors (Lipinski definition) is 4. The summed E-state index contributed by atoms with van der Waals surface area (Å²) in [4.78, 5) is 98.3. The molecule has 24 nitrogen and oxygen atoms in total. The first-order chi connectivity index (χ1) is 61.8. The van der Waals surface area contributed by atoms with Gasteiger partial charge >= 0.3 is 23.9 Å². The van der Waals surface area contributed by atoms with Crippen molar-refractivity contribution in [3.05, 3.63) is 208 Å². The molecule has 4 aliphatic carbocycles. The van der Waals surface area contributed by atoms with E-state index in [4.69, 9.17) is 56.8 Å². The zero-order valence-electron chi connectivity index (χ0n) is 79.0. The number of aromatic hydroxyl groups is 4. The molecule has 8 aromatic rings. The molecule has 0 unspecified atom stereocenters. The third-order valence-corrected chi connectivity index (χ3v) is 29.9. The predicted octanol–water partition coefficient (Wildman–Crippen LogP) is 19.5. The molecule has 24 heteroatoms. The predicted molar refractivity (Wildman–Crippen MR) is 492 cm³/mol. The molecule has 0 aromatic heterocycles. The zero-order chi connectivity index (χ0) is 94.9. The van der Waals surface area contributed by atoms with E-state index < -0.39 is 45.5 Å². The normalized spacial score (nSPS) is 16.3. The van der Waals surface area contributed by atoms with Crippen molar-refractivity contribution in [1.82, 2.24) is 0 Å². The van der Waals surface area contributed by atoms with Gasteiger partial charge in [0.25, 0.3) is 0 Å². The van der Waals surface area contributed by atoms with Gasteiger partial charge in [0.15, 0.2) is 97.6 Å². The molecule has 696 valence electrons. The number of carbonyl (C=O) groups is 8. The Morgan fingerprint density at radius 1 is 0.285 bits per heavy atom.